The summed E-state index contributed by atoms with van der Waals surface area (Å²) >= 11 is 6.30. The fourth-order valence-electron chi connectivity index (χ4n) is 2.34. The summed E-state index contributed by atoms with van der Waals surface area (Å²) in [6, 6.07) is 0.594. The van der Waals surface area contributed by atoms with Crippen molar-refractivity contribution in [1.82, 2.24) is 20.0 Å². The molecule has 0 saturated carbocycles. The van der Waals surface area contributed by atoms with Gasteiger partial charge in [-0.05, 0) is 26.8 Å². The van der Waals surface area contributed by atoms with Gasteiger partial charge in [0.25, 0.3) is 0 Å². The third kappa shape index (κ3) is 2.81. The van der Waals surface area contributed by atoms with Crippen LogP contribution < -0.4 is 5.32 Å². The van der Waals surface area contributed by atoms with Crippen molar-refractivity contribution in [2.45, 2.75) is 32.9 Å². The Morgan fingerprint density at radius 3 is 2.88 bits per heavy atom. The lowest BCUT2D eigenvalue weighted by Crippen LogP contribution is -2.34. The average molecular weight is 257 g/mol. The van der Waals surface area contributed by atoms with E-state index in [2.05, 4.69) is 22.2 Å². The molecule has 0 bridgehead atoms. The first kappa shape index (κ1) is 12.9. The highest BCUT2D eigenvalue weighted by Gasteiger charge is 2.20. The molecule has 1 aliphatic rings. The van der Waals surface area contributed by atoms with Crippen molar-refractivity contribution in [3.8, 4) is 0 Å². The predicted octanol–water partition coefficient (Wildman–Crippen LogP) is 1.57. The van der Waals surface area contributed by atoms with E-state index >= 15 is 0 Å². The van der Waals surface area contributed by atoms with E-state index in [0.29, 0.717) is 6.04 Å². The van der Waals surface area contributed by atoms with Crippen molar-refractivity contribution in [3.63, 3.8) is 0 Å². The third-order valence-electron chi connectivity index (χ3n) is 3.55. The zero-order valence-electron chi connectivity index (χ0n) is 10.8. The first-order chi connectivity index (χ1) is 8.09. The van der Waals surface area contributed by atoms with Gasteiger partial charge in [0.1, 0.15) is 0 Å². The Morgan fingerprint density at radius 1 is 1.47 bits per heavy atom. The third-order valence-corrected chi connectivity index (χ3v) is 4.04. The summed E-state index contributed by atoms with van der Waals surface area (Å²) in [5.74, 6) is 0. The molecule has 2 heterocycles. The highest BCUT2D eigenvalue weighted by atomic mass is 35.5. The summed E-state index contributed by atoms with van der Waals surface area (Å²) in [5, 5.41) is 8.61. The minimum Gasteiger partial charge on any atom is -0.315 e. The van der Waals surface area contributed by atoms with E-state index in [0.717, 1.165) is 42.6 Å². The van der Waals surface area contributed by atoms with Crippen LogP contribution in [0.2, 0.25) is 5.02 Å². The first-order valence-electron chi connectivity index (χ1n) is 6.22. The van der Waals surface area contributed by atoms with E-state index < -0.39 is 0 Å². The number of aromatic nitrogens is 2. The minimum atomic E-state index is 0.594. The lowest BCUT2D eigenvalue weighted by molar-refractivity contribution is 0.206. The molecule has 0 aromatic carbocycles. The van der Waals surface area contributed by atoms with Gasteiger partial charge in [0, 0.05) is 32.7 Å². The largest absolute Gasteiger partial charge is 0.315 e. The summed E-state index contributed by atoms with van der Waals surface area (Å²) < 4.78 is 1.91. The van der Waals surface area contributed by atoms with E-state index in [1.807, 2.05) is 18.7 Å². The van der Waals surface area contributed by atoms with Gasteiger partial charge < -0.3 is 5.32 Å². The van der Waals surface area contributed by atoms with Gasteiger partial charge in [-0.3, -0.25) is 9.58 Å². The summed E-state index contributed by atoms with van der Waals surface area (Å²) in [5.41, 5.74) is 2.04. The minimum absolute atomic E-state index is 0.594. The van der Waals surface area contributed by atoms with E-state index in [9.17, 15) is 0 Å². The second-order valence-electron chi connectivity index (χ2n) is 4.83. The molecule has 0 aliphatic carbocycles. The molecule has 4 nitrogen and oxygen atoms in total. The van der Waals surface area contributed by atoms with Gasteiger partial charge in [-0.15, -0.1) is 0 Å². The van der Waals surface area contributed by atoms with Crippen LogP contribution in [-0.2, 0) is 13.6 Å². The van der Waals surface area contributed by atoms with Crippen molar-refractivity contribution in [3.05, 3.63) is 16.4 Å². The fraction of sp³-hybridized carbons (Fsp3) is 0.750. The summed E-state index contributed by atoms with van der Waals surface area (Å²) in [6.45, 7) is 8.36. The normalized spacial score (nSPS) is 22.7. The van der Waals surface area contributed by atoms with Crippen molar-refractivity contribution in [2.24, 2.45) is 7.05 Å². The molecule has 1 aromatic heterocycles. The highest BCUT2D eigenvalue weighted by Crippen LogP contribution is 2.22. The van der Waals surface area contributed by atoms with E-state index in [-0.39, 0.29) is 0 Å². The highest BCUT2D eigenvalue weighted by molar-refractivity contribution is 6.31. The lowest BCUT2D eigenvalue weighted by Gasteiger charge is -2.26. The molecule has 2 rings (SSSR count). The molecule has 1 atom stereocenters. The Bertz CT molecular complexity index is 388. The van der Waals surface area contributed by atoms with Gasteiger partial charge in [-0.2, -0.15) is 5.10 Å². The van der Waals surface area contributed by atoms with Crippen LogP contribution >= 0.6 is 11.6 Å². The zero-order valence-corrected chi connectivity index (χ0v) is 11.6. The number of halogens is 1. The molecule has 1 fully saturated rings. The Kier molecular flexibility index (Phi) is 4.07. The Labute approximate surface area is 108 Å². The summed E-state index contributed by atoms with van der Waals surface area (Å²) in [7, 11) is 1.97. The van der Waals surface area contributed by atoms with Crippen LogP contribution in [0.15, 0.2) is 0 Å². The molecule has 1 N–H and O–H groups in total. The number of hydrogen-bond acceptors (Lipinski definition) is 3. The first-order valence-corrected chi connectivity index (χ1v) is 6.60. The predicted molar refractivity (Wildman–Crippen MR) is 70.3 cm³/mol. The zero-order chi connectivity index (χ0) is 12.4. The van der Waals surface area contributed by atoms with Crippen LogP contribution in [0, 0.1) is 6.92 Å². The quantitative estimate of drug-likeness (QED) is 0.872. The molecule has 96 valence electrons. The standard InChI is InChI=1S/C12H21ClN4/c1-9-4-5-14-6-7-17(9)8-11-12(13)10(2)15-16(11)3/h9,14H,4-8H2,1-3H3. The Hall–Kier alpha value is -0.580. The second-order valence-corrected chi connectivity index (χ2v) is 5.21. The van der Waals surface area contributed by atoms with Crippen LogP contribution in [0.5, 0.6) is 0 Å². The monoisotopic (exact) mass is 256 g/mol. The maximum absolute atomic E-state index is 6.30. The molecule has 1 aromatic rings. The molecule has 17 heavy (non-hydrogen) atoms. The Morgan fingerprint density at radius 2 is 2.24 bits per heavy atom. The maximum Gasteiger partial charge on any atom is 0.0860 e. The fourth-order valence-corrected chi connectivity index (χ4v) is 2.56. The van der Waals surface area contributed by atoms with E-state index in [1.165, 1.54) is 6.42 Å². The number of nitrogens with zero attached hydrogens (tertiary/aromatic N) is 3. The van der Waals surface area contributed by atoms with Gasteiger partial charge in [-0.25, -0.2) is 0 Å². The van der Waals surface area contributed by atoms with Crippen LogP contribution in [0.4, 0.5) is 0 Å². The second kappa shape index (κ2) is 5.38. The summed E-state index contributed by atoms with van der Waals surface area (Å²) in [4.78, 5) is 2.47. The van der Waals surface area contributed by atoms with Crippen molar-refractivity contribution < 1.29 is 0 Å². The van der Waals surface area contributed by atoms with Gasteiger partial charge in [0.2, 0.25) is 0 Å². The van der Waals surface area contributed by atoms with E-state index in [4.69, 9.17) is 11.6 Å². The molecule has 1 saturated heterocycles. The van der Waals surface area contributed by atoms with Crippen molar-refractivity contribution in [1.29, 1.82) is 0 Å². The number of aryl methyl sites for hydroxylation is 2. The van der Waals surface area contributed by atoms with Crippen LogP contribution in [0.3, 0.4) is 0 Å². The average Bonchev–Trinajstić information content (AvgIpc) is 2.45. The van der Waals surface area contributed by atoms with Gasteiger partial charge in [0.05, 0.1) is 16.4 Å². The number of nitrogens with one attached hydrogen (secondary N) is 1. The van der Waals surface area contributed by atoms with Crippen molar-refractivity contribution >= 4 is 11.6 Å². The molecule has 0 radical (unpaired) electrons. The number of rotatable bonds is 2. The Balaban J connectivity index is 2.13. The maximum atomic E-state index is 6.30. The lowest BCUT2D eigenvalue weighted by atomic mass is 10.2. The van der Waals surface area contributed by atoms with Crippen LogP contribution in [0.25, 0.3) is 0 Å². The molecule has 0 spiro atoms. The molecule has 1 aliphatic heterocycles. The van der Waals surface area contributed by atoms with Gasteiger partial charge in [0.15, 0.2) is 0 Å². The van der Waals surface area contributed by atoms with E-state index in [1.54, 1.807) is 0 Å². The molecular formula is C12H21ClN4. The molecular weight excluding hydrogens is 236 g/mol. The van der Waals surface area contributed by atoms with Crippen LogP contribution in [-0.4, -0.2) is 40.4 Å². The molecule has 0 amide bonds. The molecule has 5 heteroatoms. The SMILES string of the molecule is Cc1nn(C)c(CN2CCNCCC2C)c1Cl. The smallest absolute Gasteiger partial charge is 0.0860 e. The van der Waals surface area contributed by atoms with Gasteiger partial charge >= 0.3 is 0 Å². The van der Waals surface area contributed by atoms with Gasteiger partial charge in [-0.1, -0.05) is 11.6 Å². The topological polar surface area (TPSA) is 33.1 Å². The van der Waals surface area contributed by atoms with Crippen LogP contribution in [0.1, 0.15) is 24.7 Å². The number of hydrogen-bond donors (Lipinski definition) is 1. The van der Waals surface area contributed by atoms with Crippen molar-refractivity contribution in [2.75, 3.05) is 19.6 Å². The molecule has 1 unspecified atom stereocenters. The summed E-state index contributed by atoms with van der Waals surface area (Å²) in [6.07, 6.45) is 1.19.